The van der Waals surface area contributed by atoms with Crippen molar-refractivity contribution in [3.63, 3.8) is 0 Å². The zero-order chi connectivity index (χ0) is 11.9. The highest BCUT2D eigenvalue weighted by molar-refractivity contribution is 5.73. The minimum absolute atomic E-state index is 0.198. The highest BCUT2D eigenvalue weighted by Gasteiger charge is 2.32. The number of hydrogen-bond donors (Lipinski definition) is 2. The van der Waals surface area contributed by atoms with Gasteiger partial charge < -0.3 is 10.2 Å². The molecule has 0 aliphatic heterocycles. The number of aliphatic hydroxyl groups excluding tert-OH is 1. The molecule has 0 spiro atoms. The van der Waals surface area contributed by atoms with Gasteiger partial charge in [-0.2, -0.15) is 0 Å². The van der Waals surface area contributed by atoms with E-state index < -0.39 is 11.4 Å². The summed E-state index contributed by atoms with van der Waals surface area (Å²) in [6.45, 7) is 5.83. The summed E-state index contributed by atoms with van der Waals surface area (Å²) in [6, 6.07) is 0. The molecule has 0 aromatic heterocycles. The molecule has 0 rings (SSSR count). The highest BCUT2D eigenvalue weighted by atomic mass is 16.4. The molecule has 90 valence electrons. The molecule has 15 heavy (non-hydrogen) atoms. The maximum absolute atomic E-state index is 11.0. The summed E-state index contributed by atoms with van der Waals surface area (Å²) in [5, 5.41) is 17.6. The van der Waals surface area contributed by atoms with E-state index in [2.05, 4.69) is 0 Å². The van der Waals surface area contributed by atoms with Crippen molar-refractivity contribution < 1.29 is 15.0 Å². The van der Waals surface area contributed by atoms with Gasteiger partial charge in [0.1, 0.15) is 0 Å². The second-order valence-electron chi connectivity index (χ2n) is 4.85. The largest absolute Gasteiger partial charge is 0.481 e. The van der Waals surface area contributed by atoms with E-state index in [4.69, 9.17) is 10.2 Å². The average molecular weight is 216 g/mol. The first kappa shape index (κ1) is 14.4. The molecule has 0 aliphatic carbocycles. The Balaban J connectivity index is 3.73. The molecular weight excluding hydrogens is 192 g/mol. The minimum atomic E-state index is -0.717. The molecule has 0 aromatic rings. The lowest BCUT2D eigenvalue weighted by atomic mass is 9.77. The molecule has 1 unspecified atom stereocenters. The van der Waals surface area contributed by atoms with Crippen molar-refractivity contribution in [2.75, 3.05) is 6.61 Å². The Labute approximate surface area is 92.5 Å². The minimum Gasteiger partial charge on any atom is -0.481 e. The summed E-state index contributed by atoms with van der Waals surface area (Å²) < 4.78 is 0. The van der Waals surface area contributed by atoms with Crippen LogP contribution < -0.4 is 0 Å². The maximum atomic E-state index is 11.0. The van der Waals surface area contributed by atoms with E-state index in [1.54, 1.807) is 13.8 Å². The van der Waals surface area contributed by atoms with Gasteiger partial charge in [0.25, 0.3) is 0 Å². The number of rotatable bonds is 8. The number of carboxylic acids is 1. The lowest BCUT2D eigenvalue weighted by Gasteiger charge is -2.27. The van der Waals surface area contributed by atoms with Crippen molar-refractivity contribution in [1.82, 2.24) is 0 Å². The first-order valence-corrected chi connectivity index (χ1v) is 5.77. The van der Waals surface area contributed by atoms with E-state index in [1.807, 2.05) is 6.92 Å². The van der Waals surface area contributed by atoms with Crippen LogP contribution in [0.2, 0.25) is 0 Å². The summed E-state index contributed by atoms with van der Waals surface area (Å²) >= 11 is 0. The van der Waals surface area contributed by atoms with Crippen LogP contribution in [0.4, 0.5) is 0 Å². The van der Waals surface area contributed by atoms with E-state index in [-0.39, 0.29) is 12.5 Å². The van der Waals surface area contributed by atoms with Crippen LogP contribution in [0.15, 0.2) is 0 Å². The lowest BCUT2D eigenvalue weighted by molar-refractivity contribution is -0.149. The fourth-order valence-corrected chi connectivity index (χ4v) is 1.49. The standard InChI is InChI=1S/C12H24O3/c1-10(12(2,3)11(14)15)8-6-4-5-7-9-13/h10,13H,4-9H2,1-3H3,(H,14,15). The first-order valence-electron chi connectivity index (χ1n) is 5.77. The molecule has 0 radical (unpaired) electrons. The van der Waals surface area contributed by atoms with Crippen molar-refractivity contribution in [3.05, 3.63) is 0 Å². The SMILES string of the molecule is CC(CCCCCCO)C(C)(C)C(=O)O. The Hall–Kier alpha value is -0.570. The number of hydrogen-bond acceptors (Lipinski definition) is 2. The zero-order valence-corrected chi connectivity index (χ0v) is 10.1. The predicted octanol–water partition coefficient (Wildman–Crippen LogP) is 2.68. The van der Waals surface area contributed by atoms with E-state index >= 15 is 0 Å². The van der Waals surface area contributed by atoms with Gasteiger partial charge in [-0.15, -0.1) is 0 Å². The second kappa shape index (κ2) is 6.83. The number of aliphatic carboxylic acids is 1. The van der Waals surface area contributed by atoms with Gasteiger partial charge in [0.15, 0.2) is 0 Å². The number of carboxylic acid groups (broad SMARTS) is 1. The molecule has 0 aliphatic rings. The Morgan fingerprint density at radius 1 is 1.20 bits per heavy atom. The third kappa shape index (κ3) is 5.17. The van der Waals surface area contributed by atoms with Gasteiger partial charge in [0.05, 0.1) is 5.41 Å². The third-order valence-corrected chi connectivity index (χ3v) is 3.33. The summed E-state index contributed by atoms with van der Waals surface area (Å²) in [6.07, 6.45) is 4.98. The van der Waals surface area contributed by atoms with Crippen LogP contribution in [0, 0.1) is 11.3 Å². The lowest BCUT2D eigenvalue weighted by Crippen LogP contribution is -2.31. The predicted molar refractivity (Wildman–Crippen MR) is 60.8 cm³/mol. The van der Waals surface area contributed by atoms with Crippen LogP contribution in [0.25, 0.3) is 0 Å². The monoisotopic (exact) mass is 216 g/mol. The molecule has 0 amide bonds. The van der Waals surface area contributed by atoms with Crippen molar-refractivity contribution in [3.8, 4) is 0 Å². The van der Waals surface area contributed by atoms with Gasteiger partial charge in [-0.1, -0.05) is 26.2 Å². The molecule has 1 atom stereocenters. The average Bonchev–Trinajstić information content (AvgIpc) is 2.16. The van der Waals surface area contributed by atoms with Gasteiger partial charge in [0.2, 0.25) is 0 Å². The normalized spacial score (nSPS) is 13.9. The number of unbranched alkanes of at least 4 members (excludes halogenated alkanes) is 3. The second-order valence-corrected chi connectivity index (χ2v) is 4.85. The van der Waals surface area contributed by atoms with Crippen LogP contribution in [-0.2, 0) is 4.79 Å². The van der Waals surface area contributed by atoms with Crippen LogP contribution in [0.3, 0.4) is 0 Å². The molecule has 0 heterocycles. The van der Waals surface area contributed by atoms with E-state index in [0.29, 0.717) is 0 Å². The van der Waals surface area contributed by atoms with E-state index in [0.717, 1.165) is 32.1 Å². The van der Waals surface area contributed by atoms with Gasteiger partial charge >= 0.3 is 5.97 Å². The molecule has 0 saturated heterocycles. The zero-order valence-electron chi connectivity index (χ0n) is 10.1. The van der Waals surface area contributed by atoms with Gasteiger partial charge in [-0.05, 0) is 32.6 Å². The van der Waals surface area contributed by atoms with Crippen molar-refractivity contribution in [2.45, 2.75) is 52.9 Å². The molecule has 3 heteroatoms. The fraction of sp³-hybridized carbons (Fsp3) is 0.917. The summed E-state index contributed by atoms with van der Waals surface area (Å²) in [5.41, 5.74) is -0.628. The van der Waals surface area contributed by atoms with Crippen molar-refractivity contribution >= 4 is 5.97 Å². The molecule has 0 aromatic carbocycles. The van der Waals surface area contributed by atoms with Crippen molar-refractivity contribution in [2.24, 2.45) is 11.3 Å². The maximum Gasteiger partial charge on any atom is 0.309 e. The number of carbonyl (C=O) groups is 1. The highest BCUT2D eigenvalue weighted by Crippen LogP contribution is 2.30. The molecule has 3 nitrogen and oxygen atoms in total. The van der Waals surface area contributed by atoms with Crippen molar-refractivity contribution in [1.29, 1.82) is 0 Å². The van der Waals surface area contributed by atoms with Gasteiger partial charge in [-0.25, -0.2) is 0 Å². The molecule has 0 fully saturated rings. The fourth-order valence-electron chi connectivity index (χ4n) is 1.49. The van der Waals surface area contributed by atoms with Gasteiger partial charge in [-0.3, -0.25) is 4.79 Å². The molecular formula is C12H24O3. The van der Waals surface area contributed by atoms with Crippen LogP contribution in [0.1, 0.15) is 52.9 Å². The summed E-state index contributed by atoms with van der Waals surface area (Å²) in [7, 11) is 0. The Kier molecular flexibility index (Phi) is 6.57. The molecule has 0 saturated carbocycles. The topological polar surface area (TPSA) is 57.5 Å². The molecule has 2 N–H and O–H groups in total. The van der Waals surface area contributed by atoms with Crippen LogP contribution in [-0.4, -0.2) is 22.8 Å². The summed E-state index contributed by atoms with van der Waals surface area (Å²) in [4.78, 5) is 11.0. The quantitative estimate of drug-likeness (QED) is 0.613. The third-order valence-electron chi connectivity index (χ3n) is 3.33. The Bertz CT molecular complexity index is 187. The van der Waals surface area contributed by atoms with E-state index in [1.165, 1.54) is 0 Å². The smallest absolute Gasteiger partial charge is 0.309 e. The van der Waals surface area contributed by atoms with Crippen LogP contribution >= 0.6 is 0 Å². The van der Waals surface area contributed by atoms with E-state index in [9.17, 15) is 4.79 Å². The summed E-state index contributed by atoms with van der Waals surface area (Å²) in [5.74, 6) is -0.519. The Morgan fingerprint density at radius 2 is 1.73 bits per heavy atom. The number of aliphatic hydroxyl groups is 1. The van der Waals surface area contributed by atoms with Crippen LogP contribution in [0.5, 0.6) is 0 Å². The first-order chi connectivity index (χ1) is 6.92. The molecule has 0 bridgehead atoms. The van der Waals surface area contributed by atoms with Gasteiger partial charge in [0, 0.05) is 6.61 Å². The Morgan fingerprint density at radius 3 is 2.20 bits per heavy atom.